The highest BCUT2D eigenvalue weighted by Gasteiger charge is 2.36. The maximum absolute atomic E-state index is 5.97. The van der Waals surface area contributed by atoms with Gasteiger partial charge in [-0.05, 0) is 36.5 Å². The van der Waals surface area contributed by atoms with Crippen LogP contribution in [-0.2, 0) is 0 Å². The summed E-state index contributed by atoms with van der Waals surface area (Å²) >= 11 is 5.97. The van der Waals surface area contributed by atoms with E-state index in [0.29, 0.717) is 6.04 Å². The van der Waals surface area contributed by atoms with Gasteiger partial charge in [0.1, 0.15) is 0 Å². The molecule has 2 fully saturated rings. The van der Waals surface area contributed by atoms with Gasteiger partial charge in [0.2, 0.25) is 0 Å². The Labute approximate surface area is 132 Å². The Balaban J connectivity index is 0.000000902. The Kier molecular flexibility index (Phi) is 6.92. The molecule has 2 aliphatic rings. The van der Waals surface area contributed by atoms with Gasteiger partial charge in [-0.2, -0.15) is 0 Å². The third-order valence-corrected chi connectivity index (χ3v) is 4.08. The maximum Gasteiger partial charge on any atom is 0.0406 e. The molecule has 1 aliphatic heterocycles. The summed E-state index contributed by atoms with van der Waals surface area (Å²) in [4.78, 5) is 2.64. The predicted molar refractivity (Wildman–Crippen MR) is 85.9 cm³/mol. The number of hydrogen-bond acceptors (Lipinski definition) is 2. The van der Waals surface area contributed by atoms with Crippen molar-refractivity contribution in [3.63, 3.8) is 0 Å². The van der Waals surface area contributed by atoms with Crippen molar-refractivity contribution in [1.29, 1.82) is 0 Å². The van der Waals surface area contributed by atoms with Gasteiger partial charge < -0.3 is 5.32 Å². The topological polar surface area (TPSA) is 15.3 Å². The first-order chi connectivity index (χ1) is 8.34. The molecule has 0 spiro atoms. The Morgan fingerprint density at radius 2 is 1.63 bits per heavy atom. The van der Waals surface area contributed by atoms with Gasteiger partial charge in [-0.3, -0.25) is 4.90 Å². The number of hydrogen-bond donors (Lipinski definition) is 1. The van der Waals surface area contributed by atoms with Crippen LogP contribution in [0.3, 0.4) is 0 Å². The zero-order chi connectivity index (χ0) is 11.7. The van der Waals surface area contributed by atoms with Gasteiger partial charge in [0.15, 0.2) is 0 Å². The number of nitrogens with zero attached hydrogens (tertiary/aromatic N) is 1. The van der Waals surface area contributed by atoms with E-state index in [9.17, 15) is 0 Å². The summed E-state index contributed by atoms with van der Waals surface area (Å²) in [6, 6.07) is 9.07. The fourth-order valence-corrected chi connectivity index (χ4v) is 2.94. The minimum atomic E-state index is 0. The van der Waals surface area contributed by atoms with Crippen molar-refractivity contribution in [3.8, 4) is 0 Å². The van der Waals surface area contributed by atoms with Gasteiger partial charge in [0.05, 0.1) is 0 Å². The summed E-state index contributed by atoms with van der Waals surface area (Å²) in [7, 11) is 0. The number of halogens is 3. The lowest BCUT2D eigenvalue weighted by atomic mass is 10.00. The molecule has 0 radical (unpaired) electrons. The molecule has 1 saturated heterocycles. The number of benzene rings is 1. The molecule has 1 saturated carbocycles. The summed E-state index contributed by atoms with van der Waals surface area (Å²) in [6.07, 6.45) is 2.77. The van der Waals surface area contributed by atoms with Crippen LogP contribution in [-0.4, -0.2) is 31.1 Å². The highest BCUT2D eigenvalue weighted by Crippen LogP contribution is 2.44. The standard InChI is InChI=1S/C14H19ClN2.2ClH/c15-13-5-3-12(4-6-13)14(11-1-2-11)17-9-7-16-8-10-17;;/h3-6,11,14,16H,1-2,7-10H2;2*1H/t14-;;/m0../s1. The average molecular weight is 324 g/mol. The molecule has 1 aromatic carbocycles. The molecule has 19 heavy (non-hydrogen) atoms. The predicted octanol–water partition coefficient (Wildman–Crippen LogP) is 3.54. The van der Waals surface area contributed by atoms with Crippen LogP contribution in [0.25, 0.3) is 0 Å². The van der Waals surface area contributed by atoms with E-state index < -0.39 is 0 Å². The Hall–Kier alpha value is 0.01000. The van der Waals surface area contributed by atoms with Crippen LogP contribution in [0.2, 0.25) is 5.02 Å². The maximum atomic E-state index is 5.97. The first kappa shape index (κ1) is 17.1. The molecule has 0 bridgehead atoms. The minimum Gasteiger partial charge on any atom is -0.314 e. The van der Waals surface area contributed by atoms with Crippen molar-refractivity contribution in [2.45, 2.75) is 18.9 Å². The van der Waals surface area contributed by atoms with Crippen molar-refractivity contribution in [3.05, 3.63) is 34.9 Å². The number of rotatable bonds is 3. The minimum absolute atomic E-state index is 0. The zero-order valence-corrected chi connectivity index (χ0v) is 13.2. The van der Waals surface area contributed by atoms with Gasteiger partial charge in [-0.15, -0.1) is 24.8 Å². The van der Waals surface area contributed by atoms with Crippen molar-refractivity contribution in [2.24, 2.45) is 5.92 Å². The third-order valence-electron chi connectivity index (χ3n) is 3.83. The van der Waals surface area contributed by atoms with Crippen LogP contribution in [0, 0.1) is 5.92 Å². The van der Waals surface area contributed by atoms with E-state index in [2.05, 4.69) is 22.3 Å². The van der Waals surface area contributed by atoms with E-state index in [4.69, 9.17) is 11.6 Å². The van der Waals surface area contributed by atoms with Crippen LogP contribution in [0.5, 0.6) is 0 Å². The van der Waals surface area contributed by atoms with Crippen LogP contribution >= 0.6 is 36.4 Å². The summed E-state index contributed by atoms with van der Waals surface area (Å²) in [5.41, 5.74) is 1.44. The van der Waals surface area contributed by atoms with E-state index in [1.807, 2.05) is 12.1 Å². The van der Waals surface area contributed by atoms with Crippen LogP contribution in [0.4, 0.5) is 0 Å². The SMILES string of the molecule is Cl.Cl.Clc1ccc([C@H](C2CC2)N2CCNCC2)cc1. The highest BCUT2D eigenvalue weighted by molar-refractivity contribution is 6.30. The zero-order valence-electron chi connectivity index (χ0n) is 10.8. The molecule has 108 valence electrons. The van der Waals surface area contributed by atoms with E-state index in [-0.39, 0.29) is 24.8 Å². The molecule has 1 aliphatic carbocycles. The third kappa shape index (κ3) is 4.24. The largest absolute Gasteiger partial charge is 0.314 e. The molecule has 1 heterocycles. The van der Waals surface area contributed by atoms with Crippen molar-refractivity contribution in [2.75, 3.05) is 26.2 Å². The first-order valence-corrected chi connectivity index (χ1v) is 6.92. The Morgan fingerprint density at radius 3 is 2.16 bits per heavy atom. The van der Waals surface area contributed by atoms with E-state index in [1.165, 1.54) is 31.5 Å². The summed E-state index contributed by atoms with van der Waals surface area (Å²) in [5.74, 6) is 0.870. The second-order valence-electron chi connectivity index (χ2n) is 5.12. The summed E-state index contributed by atoms with van der Waals surface area (Å²) in [6.45, 7) is 4.58. The van der Waals surface area contributed by atoms with Gasteiger partial charge >= 0.3 is 0 Å². The Morgan fingerprint density at radius 1 is 1.05 bits per heavy atom. The number of piperazine rings is 1. The van der Waals surface area contributed by atoms with Gasteiger partial charge in [-0.25, -0.2) is 0 Å². The molecule has 0 unspecified atom stereocenters. The van der Waals surface area contributed by atoms with E-state index >= 15 is 0 Å². The van der Waals surface area contributed by atoms with Crippen LogP contribution in [0.1, 0.15) is 24.4 Å². The summed E-state index contributed by atoms with van der Waals surface area (Å²) in [5, 5.41) is 4.26. The van der Waals surface area contributed by atoms with Crippen molar-refractivity contribution in [1.82, 2.24) is 10.2 Å². The fraction of sp³-hybridized carbons (Fsp3) is 0.571. The van der Waals surface area contributed by atoms with Crippen molar-refractivity contribution >= 4 is 36.4 Å². The lowest BCUT2D eigenvalue weighted by Gasteiger charge is -2.35. The monoisotopic (exact) mass is 322 g/mol. The molecule has 5 heteroatoms. The normalized spacial score (nSPS) is 21.1. The van der Waals surface area contributed by atoms with Gasteiger partial charge in [-0.1, -0.05) is 23.7 Å². The van der Waals surface area contributed by atoms with E-state index in [1.54, 1.807) is 0 Å². The lowest BCUT2D eigenvalue weighted by molar-refractivity contribution is 0.156. The Bertz CT molecular complexity index is 373. The summed E-state index contributed by atoms with van der Waals surface area (Å²) < 4.78 is 0. The molecule has 1 atom stereocenters. The van der Waals surface area contributed by atoms with Crippen LogP contribution in [0.15, 0.2) is 24.3 Å². The second-order valence-corrected chi connectivity index (χ2v) is 5.56. The highest BCUT2D eigenvalue weighted by atomic mass is 35.5. The van der Waals surface area contributed by atoms with Crippen LogP contribution < -0.4 is 5.32 Å². The van der Waals surface area contributed by atoms with Crippen molar-refractivity contribution < 1.29 is 0 Å². The average Bonchev–Trinajstić information content (AvgIpc) is 3.18. The molecule has 1 N–H and O–H groups in total. The molecule has 1 aromatic rings. The molecular weight excluding hydrogens is 303 g/mol. The molecule has 3 rings (SSSR count). The van der Waals surface area contributed by atoms with Gasteiger partial charge in [0, 0.05) is 37.2 Å². The smallest absolute Gasteiger partial charge is 0.0406 e. The molecular formula is C14H21Cl3N2. The second kappa shape index (κ2) is 7.70. The molecule has 0 amide bonds. The molecule has 0 aromatic heterocycles. The van der Waals surface area contributed by atoms with E-state index in [0.717, 1.165) is 24.0 Å². The first-order valence-electron chi connectivity index (χ1n) is 6.55. The molecule has 2 nitrogen and oxygen atoms in total. The number of nitrogens with one attached hydrogen (secondary N) is 1. The fourth-order valence-electron chi connectivity index (χ4n) is 2.81. The van der Waals surface area contributed by atoms with Gasteiger partial charge in [0.25, 0.3) is 0 Å². The lowest BCUT2D eigenvalue weighted by Crippen LogP contribution is -2.45. The quantitative estimate of drug-likeness (QED) is 0.915.